The Labute approximate surface area is 150 Å². The maximum absolute atomic E-state index is 13.0. The minimum absolute atomic E-state index is 0.0526. The first-order valence-electron chi connectivity index (χ1n) is 7.92. The van der Waals surface area contributed by atoms with E-state index in [1.165, 1.54) is 0 Å². The van der Waals surface area contributed by atoms with Gasteiger partial charge in [-0.05, 0) is 40.9 Å². The number of rotatable bonds is 8. The van der Waals surface area contributed by atoms with Gasteiger partial charge in [0.05, 0.1) is 0 Å². The number of halogens is 1. The van der Waals surface area contributed by atoms with Crippen LogP contribution in [-0.4, -0.2) is 33.0 Å². The lowest BCUT2D eigenvalue weighted by Gasteiger charge is -2.23. The average Bonchev–Trinajstić information content (AvgIpc) is 2.95. The molecule has 5 nitrogen and oxygen atoms in total. The first-order valence-corrected chi connectivity index (χ1v) is 8.71. The quantitative estimate of drug-likeness (QED) is 0.743. The molecule has 6 heteroatoms. The second-order valence-corrected chi connectivity index (χ2v) is 6.45. The molecule has 0 radical (unpaired) electrons. The Balaban J connectivity index is 2.19. The minimum Gasteiger partial charge on any atom is -0.481 e. The molecule has 0 saturated heterocycles. The van der Waals surface area contributed by atoms with Gasteiger partial charge in [0, 0.05) is 36.7 Å². The summed E-state index contributed by atoms with van der Waals surface area (Å²) >= 11 is 3.41. The molecule has 0 aliphatic rings. The third-order valence-corrected chi connectivity index (χ3v) is 4.18. The highest BCUT2D eigenvalue weighted by molar-refractivity contribution is 9.10. The minimum atomic E-state index is -0.846. The summed E-state index contributed by atoms with van der Waals surface area (Å²) in [7, 11) is 0. The van der Waals surface area contributed by atoms with Crippen molar-refractivity contribution in [2.24, 2.45) is 0 Å². The zero-order valence-electron chi connectivity index (χ0n) is 13.6. The van der Waals surface area contributed by atoms with Crippen LogP contribution in [0, 0.1) is 0 Å². The average molecular weight is 393 g/mol. The Morgan fingerprint density at radius 2 is 1.96 bits per heavy atom. The predicted molar refractivity (Wildman–Crippen MR) is 95.9 cm³/mol. The molecule has 0 aliphatic carbocycles. The van der Waals surface area contributed by atoms with E-state index in [0.29, 0.717) is 31.7 Å². The van der Waals surface area contributed by atoms with Gasteiger partial charge in [-0.3, -0.25) is 9.59 Å². The third-order valence-electron chi connectivity index (χ3n) is 3.75. The van der Waals surface area contributed by atoms with Gasteiger partial charge in [-0.15, -0.1) is 0 Å². The lowest BCUT2D eigenvalue weighted by molar-refractivity contribution is -0.137. The molecule has 0 bridgehead atoms. The summed E-state index contributed by atoms with van der Waals surface area (Å²) < 4.78 is 2.75. The van der Waals surface area contributed by atoms with Crippen molar-refractivity contribution < 1.29 is 14.7 Å². The normalized spacial score (nSPS) is 10.6. The van der Waals surface area contributed by atoms with E-state index >= 15 is 0 Å². The molecule has 1 N–H and O–H groups in total. The number of carbonyl (C=O) groups excluding carboxylic acids is 1. The highest BCUT2D eigenvalue weighted by atomic mass is 79.9. The largest absolute Gasteiger partial charge is 0.481 e. The van der Waals surface area contributed by atoms with Gasteiger partial charge < -0.3 is 14.6 Å². The number of aromatic nitrogens is 1. The maximum Gasteiger partial charge on any atom is 0.303 e. The van der Waals surface area contributed by atoms with Crippen LogP contribution < -0.4 is 0 Å². The number of aryl methyl sites for hydroxylation is 1. The fraction of sp³-hybridized carbons (Fsp3) is 0.333. The summed E-state index contributed by atoms with van der Waals surface area (Å²) in [6.45, 7) is 3.55. The number of benzene rings is 1. The Kier molecular flexibility index (Phi) is 6.61. The van der Waals surface area contributed by atoms with Crippen LogP contribution in [0.2, 0.25) is 0 Å². The summed E-state index contributed by atoms with van der Waals surface area (Å²) in [4.78, 5) is 25.4. The van der Waals surface area contributed by atoms with Gasteiger partial charge in [0.15, 0.2) is 0 Å². The fourth-order valence-corrected chi connectivity index (χ4v) is 3.02. The van der Waals surface area contributed by atoms with E-state index in [1.54, 1.807) is 11.0 Å². The van der Waals surface area contributed by atoms with Gasteiger partial charge in [0.25, 0.3) is 5.91 Å². The first-order chi connectivity index (χ1) is 11.5. The smallest absolute Gasteiger partial charge is 0.303 e. The van der Waals surface area contributed by atoms with Crippen LogP contribution in [0.15, 0.2) is 47.1 Å². The molecule has 128 valence electrons. The second-order valence-electron chi connectivity index (χ2n) is 5.54. The third kappa shape index (κ3) is 4.96. The zero-order chi connectivity index (χ0) is 17.5. The van der Waals surface area contributed by atoms with Gasteiger partial charge in [0.2, 0.25) is 0 Å². The molecule has 2 aromatic rings. The Morgan fingerprint density at radius 3 is 2.58 bits per heavy atom. The fourth-order valence-electron chi connectivity index (χ4n) is 2.55. The molecule has 1 amide bonds. The van der Waals surface area contributed by atoms with Crippen molar-refractivity contribution >= 4 is 27.8 Å². The standard InChI is InChI=1S/C18H21BrN2O3/c1-2-20-13-15(19)11-16(20)18(24)21(10-6-9-17(22)23)12-14-7-4-3-5-8-14/h3-5,7-8,11,13H,2,6,9-10,12H2,1H3,(H,22,23). The van der Waals surface area contributed by atoms with Crippen molar-refractivity contribution in [1.82, 2.24) is 9.47 Å². The number of hydrogen-bond donors (Lipinski definition) is 1. The van der Waals surface area contributed by atoms with Crippen molar-refractivity contribution in [3.05, 3.63) is 58.3 Å². The predicted octanol–water partition coefficient (Wildman–Crippen LogP) is 3.78. The van der Waals surface area contributed by atoms with Crippen molar-refractivity contribution in [3.63, 3.8) is 0 Å². The molecule has 0 fully saturated rings. The zero-order valence-corrected chi connectivity index (χ0v) is 15.2. The van der Waals surface area contributed by atoms with Crippen LogP contribution in [-0.2, 0) is 17.9 Å². The lowest BCUT2D eigenvalue weighted by Crippen LogP contribution is -2.33. The SMILES string of the molecule is CCn1cc(Br)cc1C(=O)N(CCCC(=O)O)Cc1ccccc1. The Bertz CT molecular complexity index is 698. The number of aliphatic carboxylic acids is 1. The van der Waals surface area contributed by atoms with Gasteiger partial charge in [-0.25, -0.2) is 0 Å². The Hall–Kier alpha value is -2.08. The molecule has 1 heterocycles. The van der Waals surface area contributed by atoms with E-state index < -0.39 is 5.97 Å². The summed E-state index contributed by atoms with van der Waals surface area (Å²) in [5.41, 5.74) is 1.63. The molecular weight excluding hydrogens is 372 g/mol. The monoisotopic (exact) mass is 392 g/mol. The van der Waals surface area contributed by atoms with Crippen LogP contribution >= 0.6 is 15.9 Å². The summed E-state index contributed by atoms with van der Waals surface area (Å²) in [5.74, 6) is -0.932. The molecule has 0 spiro atoms. The van der Waals surface area contributed by atoms with Crippen molar-refractivity contribution in [1.29, 1.82) is 0 Å². The van der Waals surface area contributed by atoms with E-state index in [-0.39, 0.29) is 12.3 Å². The summed E-state index contributed by atoms with van der Waals surface area (Å²) in [5, 5.41) is 8.84. The van der Waals surface area contributed by atoms with Gasteiger partial charge in [0.1, 0.15) is 5.69 Å². The van der Waals surface area contributed by atoms with Gasteiger partial charge in [-0.2, -0.15) is 0 Å². The van der Waals surface area contributed by atoms with Crippen LogP contribution in [0.3, 0.4) is 0 Å². The number of carboxylic acid groups (broad SMARTS) is 1. The molecule has 0 saturated carbocycles. The van der Waals surface area contributed by atoms with Crippen molar-refractivity contribution in [3.8, 4) is 0 Å². The number of carbonyl (C=O) groups is 2. The molecule has 0 unspecified atom stereocenters. The second kappa shape index (κ2) is 8.68. The summed E-state index contributed by atoms with van der Waals surface area (Å²) in [6, 6.07) is 11.5. The topological polar surface area (TPSA) is 62.5 Å². The first kappa shape index (κ1) is 18.3. The van der Waals surface area contributed by atoms with E-state index in [1.807, 2.05) is 48.0 Å². The molecule has 1 aromatic carbocycles. The van der Waals surface area contributed by atoms with Gasteiger partial charge >= 0.3 is 5.97 Å². The van der Waals surface area contributed by atoms with Crippen LogP contribution in [0.25, 0.3) is 0 Å². The highest BCUT2D eigenvalue weighted by Gasteiger charge is 2.20. The van der Waals surface area contributed by atoms with Crippen molar-refractivity contribution in [2.75, 3.05) is 6.54 Å². The molecule has 0 aliphatic heterocycles. The van der Waals surface area contributed by atoms with Crippen LogP contribution in [0.1, 0.15) is 35.8 Å². The molecule has 24 heavy (non-hydrogen) atoms. The van der Waals surface area contributed by atoms with Crippen LogP contribution in [0.4, 0.5) is 0 Å². The van der Waals surface area contributed by atoms with Gasteiger partial charge in [-0.1, -0.05) is 30.3 Å². The Morgan fingerprint density at radius 1 is 1.25 bits per heavy atom. The van der Waals surface area contributed by atoms with E-state index in [2.05, 4.69) is 15.9 Å². The van der Waals surface area contributed by atoms with E-state index in [9.17, 15) is 9.59 Å². The number of hydrogen-bond acceptors (Lipinski definition) is 2. The van der Waals surface area contributed by atoms with Crippen LogP contribution in [0.5, 0.6) is 0 Å². The number of amides is 1. The molecule has 2 rings (SSSR count). The van der Waals surface area contributed by atoms with E-state index in [4.69, 9.17) is 5.11 Å². The number of carboxylic acids is 1. The van der Waals surface area contributed by atoms with E-state index in [0.717, 1.165) is 10.0 Å². The molecule has 1 aromatic heterocycles. The maximum atomic E-state index is 13.0. The summed E-state index contributed by atoms with van der Waals surface area (Å²) in [6.07, 6.45) is 2.37. The molecular formula is C18H21BrN2O3. The molecule has 0 atom stereocenters. The lowest BCUT2D eigenvalue weighted by atomic mass is 10.2. The van der Waals surface area contributed by atoms with Crippen molar-refractivity contribution in [2.45, 2.75) is 32.9 Å². The number of nitrogens with zero attached hydrogens (tertiary/aromatic N) is 2. The highest BCUT2D eigenvalue weighted by Crippen LogP contribution is 2.18.